The van der Waals surface area contributed by atoms with Gasteiger partial charge in [0.05, 0.1) is 18.5 Å². The average Bonchev–Trinajstić information content (AvgIpc) is 3.33. The van der Waals surface area contributed by atoms with E-state index in [0.717, 1.165) is 32.9 Å². The lowest BCUT2D eigenvalue weighted by molar-refractivity contribution is 0.510. The number of rotatable bonds is 5. The van der Waals surface area contributed by atoms with Crippen LogP contribution in [-0.4, -0.2) is 4.98 Å². The Morgan fingerprint density at radius 1 is 0.960 bits per heavy atom. The molecular weight excluding hydrogens is 352 g/mol. The van der Waals surface area contributed by atoms with Crippen molar-refractivity contribution in [1.29, 1.82) is 0 Å². The van der Waals surface area contributed by atoms with Crippen LogP contribution in [-0.2, 0) is 6.54 Å². The molecule has 2 heterocycles. The molecule has 0 aliphatic heterocycles. The van der Waals surface area contributed by atoms with Crippen LogP contribution in [0.25, 0.3) is 11.3 Å². The minimum absolute atomic E-state index is 0.630. The maximum Gasteiger partial charge on any atom is 0.190 e. The first-order valence-corrected chi connectivity index (χ1v) is 9.12. The predicted octanol–water partition coefficient (Wildman–Crippen LogP) is 6.39. The van der Waals surface area contributed by atoms with Crippen LogP contribution in [0.4, 0.5) is 10.8 Å². The van der Waals surface area contributed by atoms with E-state index in [0.29, 0.717) is 6.54 Å². The third-order valence-corrected chi connectivity index (χ3v) is 4.94. The Bertz CT molecular complexity index is 934. The van der Waals surface area contributed by atoms with Gasteiger partial charge in [0.25, 0.3) is 0 Å². The standard InChI is InChI=1S/C20H15ClN2OS/c21-16-10-8-15(9-11-16)19-14-25-20(22-19)23(13-18-7-4-12-24-18)17-5-2-1-3-6-17/h1-12,14H,13H2. The van der Waals surface area contributed by atoms with Crippen LogP contribution < -0.4 is 4.90 Å². The molecule has 0 aliphatic carbocycles. The fraction of sp³-hybridized carbons (Fsp3) is 0.0500. The summed E-state index contributed by atoms with van der Waals surface area (Å²) in [5, 5.41) is 3.71. The van der Waals surface area contributed by atoms with E-state index in [9.17, 15) is 0 Å². The number of hydrogen-bond acceptors (Lipinski definition) is 4. The number of hydrogen-bond donors (Lipinski definition) is 0. The molecule has 0 aliphatic rings. The van der Waals surface area contributed by atoms with E-state index in [-0.39, 0.29) is 0 Å². The highest BCUT2D eigenvalue weighted by Gasteiger charge is 2.16. The summed E-state index contributed by atoms with van der Waals surface area (Å²) in [6.45, 7) is 0.630. The zero-order valence-corrected chi connectivity index (χ0v) is 14.9. The van der Waals surface area contributed by atoms with Gasteiger partial charge < -0.3 is 9.32 Å². The Morgan fingerprint density at radius 3 is 2.48 bits per heavy atom. The van der Waals surface area contributed by atoms with Gasteiger partial charge in [-0.2, -0.15) is 0 Å². The van der Waals surface area contributed by atoms with Crippen molar-refractivity contribution in [3.05, 3.63) is 89.2 Å². The van der Waals surface area contributed by atoms with E-state index in [1.165, 1.54) is 0 Å². The molecule has 25 heavy (non-hydrogen) atoms. The normalized spacial score (nSPS) is 10.8. The zero-order chi connectivity index (χ0) is 17.1. The fourth-order valence-electron chi connectivity index (χ4n) is 2.58. The maximum atomic E-state index is 5.98. The molecule has 0 saturated heterocycles. The summed E-state index contributed by atoms with van der Waals surface area (Å²) in [5.74, 6) is 0.895. The number of halogens is 1. The van der Waals surface area contributed by atoms with E-state index in [1.807, 2.05) is 54.6 Å². The molecule has 0 fully saturated rings. The Kier molecular flexibility index (Phi) is 4.55. The smallest absolute Gasteiger partial charge is 0.190 e. The van der Waals surface area contributed by atoms with Crippen LogP contribution in [0.1, 0.15) is 5.76 Å². The number of nitrogens with zero attached hydrogens (tertiary/aromatic N) is 2. The molecule has 0 amide bonds. The maximum absolute atomic E-state index is 5.98. The summed E-state index contributed by atoms with van der Waals surface area (Å²) >= 11 is 7.59. The number of aromatic nitrogens is 1. The van der Waals surface area contributed by atoms with Crippen molar-refractivity contribution in [1.82, 2.24) is 4.98 Å². The van der Waals surface area contributed by atoms with Crippen LogP contribution >= 0.6 is 22.9 Å². The van der Waals surface area contributed by atoms with Crippen molar-refractivity contribution in [3.8, 4) is 11.3 Å². The second-order valence-electron chi connectivity index (χ2n) is 5.52. The fourth-order valence-corrected chi connectivity index (χ4v) is 3.56. The molecule has 4 rings (SSSR count). The third kappa shape index (κ3) is 3.60. The third-order valence-electron chi connectivity index (χ3n) is 3.82. The monoisotopic (exact) mass is 366 g/mol. The van der Waals surface area contributed by atoms with Crippen molar-refractivity contribution in [2.45, 2.75) is 6.54 Å². The largest absolute Gasteiger partial charge is 0.467 e. The van der Waals surface area contributed by atoms with Crippen molar-refractivity contribution in [2.75, 3.05) is 4.90 Å². The summed E-state index contributed by atoms with van der Waals surface area (Å²) in [6.07, 6.45) is 1.69. The van der Waals surface area contributed by atoms with Crippen LogP contribution in [0.5, 0.6) is 0 Å². The summed E-state index contributed by atoms with van der Waals surface area (Å²) in [7, 11) is 0. The number of anilines is 2. The molecule has 0 radical (unpaired) electrons. The molecule has 2 aromatic carbocycles. The van der Waals surface area contributed by atoms with Gasteiger partial charge in [0.15, 0.2) is 5.13 Å². The van der Waals surface area contributed by atoms with Crippen molar-refractivity contribution < 1.29 is 4.42 Å². The lowest BCUT2D eigenvalue weighted by atomic mass is 10.2. The number of thiazole rings is 1. The Hall–Kier alpha value is -2.56. The van der Waals surface area contributed by atoms with E-state index >= 15 is 0 Å². The molecule has 4 aromatic rings. The van der Waals surface area contributed by atoms with Gasteiger partial charge in [0, 0.05) is 21.7 Å². The van der Waals surface area contributed by atoms with E-state index < -0.39 is 0 Å². The molecule has 3 nitrogen and oxygen atoms in total. The first kappa shape index (κ1) is 15.9. The second-order valence-corrected chi connectivity index (χ2v) is 6.80. The highest BCUT2D eigenvalue weighted by molar-refractivity contribution is 7.14. The molecule has 0 saturated carbocycles. The van der Waals surface area contributed by atoms with E-state index in [1.54, 1.807) is 17.6 Å². The minimum Gasteiger partial charge on any atom is -0.467 e. The van der Waals surface area contributed by atoms with Crippen LogP contribution in [0, 0.1) is 0 Å². The van der Waals surface area contributed by atoms with Gasteiger partial charge in [-0.25, -0.2) is 4.98 Å². The topological polar surface area (TPSA) is 29.3 Å². The summed E-state index contributed by atoms with van der Waals surface area (Å²) in [4.78, 5) is 6.98. The molecule has 0 spiro atoms. The second kappa shape index (κ2) is 7.13. The summed E-state index contributed by atoms with van der Waals surface area (Å²) in [6, 6.07) is 21.8. The van der Waals surface area contributed by atoms with Gasteiger partial charge in [-0.15, -0.1) is 11.3 Å². The molecule has 124 valence electrons. The lowest BCUT2D eigenvalue weighted by Crippen LogP contribution is -2.15. The number of para-hydroxylation sites is 1. The molecular formula is C20H15ClN2OS. The van der Waals surface area contributed by atoms with Gasteiger partial charge in [-0.05, 0) is 36.4 Å². The lowest BCUT2D eigenvalue weighted by Gasteiger charge is -2.20. The van der Waals surface area contributed by atoms with Crippen molar-refractivity contribution in [3.63, 3.8) is 0 Å². The van der Waals surface area contributed by atoms with Gasteiger partial charge in [-0.3, -0.25) is 0 Å². The Balaban J connectivity index is 1.69. The molecule has 5 heteroatoms. The highest BCUT2D eigenvalue weighted by atomic mass is 35.5. The van der Waals surface area contributed by atoms with Gasteiger partial charge in [-0.1, -0.05) is 41.9 Å². The van der Waals surface area contributed by atoms with Gasteiger partial charge in [0.2, 0.25) is 0 Å². The molecule has 0 N–H and O–H groups in total. The van der Waals surface area contributed by atoms with E-state index in [4.69, 9.17) is 21.0 Å². The molecule has 2 aromatic heterocycles. The average molecular weight is 367 g/mol. The van der Waals surface area contributed by atoms with Crippen LogP contribution in [0.3, 0.4) is 0 Å². The van der Waals surface area contributed by atoms with Crippen LogP contribution in [0.2, 0.25) is 5.02 Å². The van der Waals surface area contributed by atoms with Crippen molar-refractivity contribution in [2.24, 2.45) is 0 Å². The van der Waals surface area contributed by atoms with Gasteiger partial charge >= 0.3 is 0 Å². The highest BCUT2D eigenvalue weighted by Crippen LogP contribution is 2.33. The molecule has 0 unspecified atom stereocenters. The first-order valence-electron chi connectivity index (χ1n) is 7.86. The summed E-state index contributed by atoms with van der Waals surface area (Å²) < 4.78 is 5.53. The predicted molar refractivity (Wildman–Crippen MR) is 104 cm³/mol. The zero-order valence-electron chi connectivity index (χ0n) is 13.3. The Labute approximate surface area is 155 Å². The summed E-state index contributed by atoms with van der Waals surface area (Å²) in [5.41, 5.74) is 3.07. The van der Waals surface area contributed by atoms with Crippen LogP contribution in [0.15, 0.2) is 82.8 Å². The quantitative estimate of drug-likeness (QED) is 0.409. The Morgan fingerprint density at radius 2 is 1.76 bits per heavy atom. The van der Waals surface area contributed by atoms with Crippen molar-refractivity contribution >= 4 is 33.8 Å². The number of benzene rings is 2. The first-order chi connectivity index (χ1) is 12.3. The van der Waals surface area contributed by atoms with E-state index in [2.05, 4.69) is 22.4 Å². The molecule has 0 atom stereocenters. The molecule has 0 bridgehead atoms. The minimum atomic E-state index is 0.630. The van der Waals surface area contributed by atoms with Gasteiger partial charge in [0.1, 0.15) is 5.76 Å². The number of furan rings is 1. The SMILES string of the molecule is Clc1ccc(-c2csc(N(Cc3ccco3)c3ccccc3)n2)cc1.